The number of nitrogens with zero attached hydrogens (tertiary/aromatic N) is 5. The highest BCUT2D eigenvalue weighted by Gasteiger charge is 2.37. The van der Waals surface area contributed by atoms with Crippen molar-refractivity contribution in [3.63, 3.8) is 0 Å². The number of piperazine rings is 1. The normalized spacial score (nSPS) is 17.5. The Bertz CT molecular complexity index is 1060. The molecule has 1 saturated heterocycles. The van der Waals surface area contributed by atoms with Crippen LogP contribution in [0.25, 0.3) is 0 Å². The maximum absolute atomic E-state index is 13.1. The molecule has 0 aliphatic carbocycles. The van der Waals surface area contributed by atoms with Crippen LogP contribution in [0.3, 0.4) is 0 Å². The van der Waals surface area contributed by atoms with Crippen molar-refractivity contribution in [2.45, 2.75) is 51.8 Å². The average molecular weight is 534 g/mol. The van der Waals surface area contributed by atoms with Crippen LogP contribution in [-0.2, 0) is 36.8 Å². The largest absolute Gasteiger partial charge is 0.445 e. The van der Waals surface area contributed by atoms with E-state index in [9.17, 15) is 31.1 Å². The number of carbonyl (C=O) groups excluding carboxylic acids is 1. The first-order valence-electron chi connectivity index (χ1n) is 12.2. The number of carbonyl (C=O) groups is 1. The highest BCUT2D eigenvalue weighted by Crippen LogP contribution is 2.36. The Morgan fingerprint density at radius 3 is 2.16 bits per heavy atom. The minimum absolute atomic E-state index is 0.0442. The van der Waals surface area contributed by atoms with Gasteiger partial charge in [0.05, 0.1) is 23.4 Å². The third-order valence-corrected chi connectivity index (χ3v) is 6.51. The van der Waals surface area contributed by atoms with Crippen LogP contribution in [0.15, 0.2) is 24.3 Å². The number of aryl methyl sites for hydroxylation is 1. The van der Waals surface area contributed by atoms with E-state index in [1.165, 1.54) is 4.90 Å². The summed E-state index contributed by atoms with van der Waals surface area (Å²) in [6.45, 7) is 7.16. The molecule has 0 unspecified atom stereocenters. The number of alkyl halides is 6. The summed E-state index contributed by atoms with van der Waals surface area (Å²) in [6.07, 6.45) is -9.07. The molecule has 37 heavy (non-hydrogen) atoms. The lowest BCUT2D eigenvalue weighted by molar-refractivity contribution is -0.143. The molecule has 1 aromatic carbocycles. The van der Waals surface area contributed by atoms with Gasteiger partial charge in [-0.1, -0.05) is 6.92 Å². The van der Waals surface area contributed by atoms with E-state index in [0.717, 1.165) is 50.7 Å². The number of amides is 1. The lowest BCUT2D eigenvalue weighted by atomic mass is 10.1. The monoisotopic (exact) mass is 533 g/mol. The van der Waals surface area contributed by atoms with Gasteiger partial charge in [0.15, 0.2) is 5.82 Å². The second kappa shape index (κ2) is 10.8. The van der Waals surface area contributed by atoms with Gasteiger partial charge in [-0.3, -0.25) is 9.58 Å². The van der Waals surface area contributed by atoms with Crippen LogP contribution in [0.4, 0.5) is 37.0 Å². The molecular formula is C24H29F6N5O2. The van der Waals surface area contributed by atoms with Crippen molar-refractivity contribution >= 4 is 11.9 Å². The summed E-state index contributed by atoms with van der Waals surface area (Å²) in [5.74, 6) is 0.824. The molecule has 3 heterocycles. The number of hydrogen-bond donors (Lipinski definition) is 0. The third-order valence-electron chi connectivity index (χ3n) is 6.51. The summed E-state index contributed by atoms with van der Waals surface area (Å²) in [7, 11) is 0. The number of halogens is 6. The van der Waals surface area contributed by atoms with Gasteiger partial charge in [0, 0.05) is 45.3 Å². The van der Waals surface area contributed by atoms with E-state index in [2.05, 4.69) is 16.7 Å². The molecule has 204 valence electrons. The van der Waals surface area contributed by atoms with Crippen LogP contribution in [0.5, 0.6) is 0 Å². The quantitative estimate of drug-likeness (QED) is 0.507. The molecule has 1 fully saturated rings. The molecule has 2 aliphatic heterocycles. The van der Waals surface area contributed by atoms with E-state index in [1.54, 1.807) is 0 Å². The molecule has 2 aromatic rings. The first-order chi connectivity index (χ1) is 17.4. The van der Waals surface area contributed by atoms with Gasteiger partial charge in [0.25, 0.3) is 0 Å². The Labute approximate surface area is 210 Å². The predicted octanol–water partition coefficient (Wildman–Crippen LogP) is 5.00. The van der Waals surface area contributed by atoms with E-state index in [4.69, 9.17) is 9.84 Å². The van der Waals surface area contributed by atoms with Crippen LogP contribution >= 0.6 is 0 Å². The van der Waals surface area contributed by atoms with E-state index in [0.29, 0.717) is 31.6 Å². The van der Waals surface area contributed by atoms with Crippen LogP contribution in [-0.4, -0.2) is 64.9 Å². The Kier molecular flexibility index (Phi) is 7.91. The number of ether oxygens (including phenoxy) is 1. The molecule has 7 nitrogen and oxygen atoms in total. The summed E-state index contributed by atoms with van der Waals surface area (Å²) >= 11 is 0. The maximum Gasteiger partial charge on any atom is 0.416 e. The van der Waals surface area contributed by atoms with Crippen molar-refractivity contribution in [3.05, 3.63) is 46.6 Å². The zero-order valence-electron chi connectivity index (χ0n) is 20.4. The fourth-order valence-corrected chi connectivity index (χ4v) is 4.61. The molecule has 0 N–H and O–H groups in total. The van der Waals surface area contributed by atoms with Crippen LogP contribution in [0.2, 0.25) is 0 Å². The van der Waals surface area contributed by atoms with Crippen LogP contribution < -0.4 is 4.90 Å². The second-order valence-electron chi connectivity index (χ2n) is 9.29. The van der Waals surface area contributed by atoms with Crippen molar-refractivity contribution < 1.29 is 35.9 Å². The Morgan fingerprint density at radius 1 is 0.919 bits per heavy atom. The van der Waals surface area contributed by atoms with Gasteiger partial charge < -0.3 is 14.5 Å². The Hall–Kier alpha value is -2.96. The topological polar surface area (TPSA) is 53.8 Å². The molecule has 13 heteroatoms. The van der Waals surface area contributed by atoms with Crippen LogP contribution in [0, 0.1) is 0 Å². The molecule has 4 rings (SSSR count). The summed E-state index contributed by atoms with van der Waals surface area (Å²) in [5, 5.41) is 4.69. The third kappa shape index (κ3) is 6.68. The number of fused-ring (bicyclic) bond motifs is 1. The lowest BCUT2D eigenvalue weighted by Crippen LogP contribution is -2.46. The van der Waals surface area contributed by atoms with Gasteiger partial charge in [-0.2, -0.15) is 31.4 Å². The molecular weight excluding hydrogens is 504 g/mol. The highest BCUT2D eigenvalue weighted by molar-refractivity contribution is 5.67. The number of hydrogen-bond acceptors (Lipinski definition) is 5. The van der Waals surface area contributed by atoms with Crippen molar-refractivity contribution in [2.75, 3.05) is 44.2 Å². The van der Waals surface area contributed by atoms with Crippen LogP contribution in [0.1, 0.15) is 42.1 Å². The predicted molar refractivity (Wildman–Crippen MR) is 123 cm³/mol. The number of benzene rings is 1. The molecule has 0 saturated carbocycles. The van der Waals surface area contributed by atoms with Crippen molar-refractivity contribution in [3.8, 4) is 0 Å². The van der Waals surface area contributed by atoms with Gasteiger partial charge in [0.1, 0.15) is 6.61 Å². The van der Waals surface area contributed by atoms with Crippen molar-refractivity contribution in [1.29, 1.82) is 0 Å². The lowest BCUT2D eigenvalue weighted by Gasteiger charge is -2.34. The minimum atomic E-state index is -4.97. The Morgan fingerprint density at radius 2 is 1.57 bits per heavy atom. The standard InChI is InChI=1S/C24H29F6N5O2/c1-2-4-32-7-9-33(10-8-32)21-14-20-15-34(5-3-6-35(20)31-21)22(36)37-16-17-11-18(23(25,26)27)13-19(12-17)24(28,29)30/h11-14H,2-10,15-16H2,1H3. The first-order valence-corrected chi connectivity index (χ1v) is 12.2. The number of anilines is 1. The number of rotatable bonds is 5. The first kappa shape index (κ1) is 27.1. The fraction of sp³-hybridized carbons (Fsp3) is 0.583. The SMILES string of the molecule is CCCN1CCN(c2cc3n(n2)CCCN(C(=O)OCc2cc(C(F)(F)F)cc(C(F)(F)F)c2)C3)CC1. The highest BCUT2D eigenvalue weighted by atomic mass is 19.4. The van der Waals surface area contributed by atoms with Gasteiger partial charge in [0.2, 0.25) is 0 Å². The van der Waals surface area contributed by atoms with E-state index >= 15 is 0 Å². The molecule has 0 bridgehead atoms. The average Bonchev–Trinajstić information content (AvgIpc) is 3.13. The summed E-state index contributed by atoms with van der Waals surface area (Å²) in [6, 6.07) is 3.09. The molecule has 2 aliphatic rings. The smallest absolute Gasteiger partial charge is 0.416 e. The molecule has 0 atom stereocenters. The maximum atomic E-state index is 13.1. The molecule has 1 amide bonds. The number of aromatic nitrogens is 2. The minimum Gasteiger partial charge on any atom is -0.445 e. The zero-order chi connectivity index (χ0) is 26.8. The molecule has 1 aromatic heterocycles. The van der Waals surface area contributed by atoms with Gasteiger partial charge >= 0.3 is 18.4 Å². The van der Waals surface area contributed by atoms with E-state index < -0.39 is 36.2 Å². The van der Waals surface area contributed by atoms with Crippen molar-refractivity contribution in [1.82, 2.24) is 19.6 Å². The second-order valence-corrected chi connectivity index (χ2v) is 9.29. The zero-order valence-corrected chi connectivity index (χ0v) is 20.4. The fourth-order valence-electron chi connectivity index (χ4n) is 4.61. The summed E-state index contributed by atoms with van der Waals surface area (Å²) < 4.78 is 85.6. The van der Waals surface area contributed by atoms with Gasteiger partial charge in [-0.25, -0.2) is 4.79 Å². The Balaban J connectivity index is 1.41. The van der Waals surface area contributed by atoms with Gasteiger partial charge in [-0.15, -0.1) is 0 Å². The summed E-state index contributed by atoms with van der Waals surface area (Å²) in [4.78, 5) is 18.7. The molecule has 0 spiro atoms. The van der Waals surface area contributed by atoms with Crippen molar-refractivity contribution in [2.24, 2.45) is 0 Å². The van der Waals surface area contributed by atoms with E-state index in [-0.39, 0.29) is 18.2 Å². The molecule has 0 radical (unpaired) electrons. The van der Waals surface area contributed by atoms with E-state index in [1.807, 2.05) is 10.7 Å². The summed E-state index contributed by atoms with van der Waals surface area (Å²) in [5.41, 5.74) is -2.50. The van der Waals surface area contributed by atoms with Gasteiger partial charge in [-0.05, 0) is 43.1 Å².